The molecule has 1 aliphatic rings. The Hall–Kier alpha value is -3.06. The molecule has 2 heterocycles. The number of aryl methyl sites for hydroxylation is 1. The van der Waals surface area contributed by atoms with Gasteiger partial charge in [-0.05, 0) is 31.2 Å². The van der Waals surface area contributed by atoms with E-state index in [1.54, 1.807) is 36.6 Å². The molecule has 1 N–H and O–H groups in total. The van der Waals surface area contributed by atoms with Crippen LogP contribution in [0, 0.1) is 6.92 Å². The van der Waals surface area contributed by atoms with Crippen molar-refractivity contribution in [3.05, 3.63) is 69.7 Å². The Morgan fingerprint density at radius 1 is 1.28 bits per heavy atom. The molecule has 29 heavy (non-hydrogen) atoms. The SMILES string of the molecule is COc1cc(C(=O)N[C@@H]2CCOc3ccccc32)ccc1OCc1csc(C)n1. The van der Waals surface area contributed by atoms with Crippen molar-refractivity contribution < 1.29 is 19.0 Å². The summed E-state index contributed by atoms with van der Waals surface area (Å²) in [4.78, 5) is 17.2. The second-order valence-corrected chi connectivity index (χ2v) is 7.78. The number of amides is 1. The first-order chi connectivity index (χ1) is 14.1. The zero-order chi connectivity index (χ0) is 20.2. The first kappa shape index (κ1) is 19.3. The maximum atomic E-state index is 12.8. The number of para-hydroxylation sites is 1. The smallest absolute Gasteiger partial charge is 0.251 e. The average Bonchev–Trinajstić information content (AvgIpc) is 3.17. The van der Waals surface area contributed by atoms with Gasteiger partial charge in [0.2, 0.25) is 0 Å². The monoisotopic (exact) mass is 410 g/mol. The van der Waals surface area contributed by atoms with Crippen molar-refractivity contribution in [3.8, 4) is 17.2 Å². The third-order valence-corrected chi connectivity index (χ3v) is 5.55. The Bertz CT molecular complexity index is 1020. The van der Waals surface area contributed by atoms with Crippen LogP contribution in [0.4, 0.5) is 0 Å². The fraction of sp³-hybridized carbons (Fsp3) is 0.273. The number of ether oxygens (including phenoxy) is 3. The Balaban J connectivity index is 1.46. The molecule has 1 aromatic heterocycles. The van der Waals surface area contributed by atoms with E-state index in [9.17, 15) is 4.79 Å². The molecule has 1 aliphatic heterocycles. The molecule has 1 atom stereocenters. The Morgan fingerprint density at radius 2 is 2.14 bits per heavy atom. The first-order valence-electron chi connectivity index (χ1n) is 9.38. The maximum absolute atomic E-state index is 12.8. The van der Waals surface area contributed by atoms with E-state index in [4.69, 9.17) is 14.2 Å². The zero-order valence-electron chi connectivity index (χ0n) is 16.3. The van der Waals surface area contributed by atoms with Crippen molar-refractivity contribution in [2.45, 2.75) is 26.0 Å². The van der Waals surface area contributed by atoms with E-state index < -0.39 is 0 Å². The zero-order valence-corrected chi connectivity index (χ0v) is 17.1. The van der Waals surface area contributed by atoms with Gasteiger partial charge >= 0.3 is 0 Å². The van der Waals surface area contributed by atoms with Crippen molar-refractivity contribution in [2.24, 2.45) is 0 Å². The van der Waals surface area contributed by atoms with Crippen molar-refractivity contribution in [2.75, 3.05) is 13.7 Å². The second-order valence-electron chi connectivity index (χ2n) is 6.71. The number of hydrogen-bond acceptors (Lipinski definition) is 6. The number of hydrogen-bond donors (Lipinski definition) is 1. The van der Waals surface area contributed by atoms with Crippen molar-refractivity contribution in [1.82, 2.24) is 10.3 Å². The summed E-state index contributed by atoms with van der Waals surface area (Å²) in [5, 5.41) is 6.06. The molecule has 0 fully saturated rings. The van der Waals surface area contributed by atoms with Crippen LogP contribution in [0.2, 0.25) is 0 Å². The summed E-state index contributed by atoms with van der Waals surface area (Å²) >= 11 is 1.58. The lowest BCUT2D eigenvalue weighted by atomic mass is 10.00. The number of aromatic nitrogens is 1. The van der Waals surface area contributed by atoms with Gasteiger partial charge in [0.25, 0.3) is 5.91 Å². The summed E-state index contributed by atoms with van der Waals surface area (Å²) < 4.78 is 16.9. The highest BCUT2D eigenvalue weighted by Gasteiger charge is 2.23. The van der Waals surface area contributed by atoms with Crippen molar-refractivity contribution >= 4 is 17.2 Å². The van der Waals surface area contributed by atoms with E-state index in [0.29, 0.717) is 30.3 Å². The van der Waals surface area contributed by atoms with Gasteiger partial charge < -0.3 is 19.5 Å². The molecule has 0 spiro atoms. The van der Waals surface area contributed by atoms with Crippen LogP contribution in [-0.4, -0.2) is 24.6 Å². The third kappa shape index (κ3) is 4.35. The highest BCUT2D eigenvalue weighted by molar-refractivity contribution is 7.09. The van der Waals surface area contributed by atoms with Gasteiger partial charge in [0.15, 0.2) is 11.5 Å². The minimum Gasteiger partial charge on any atom is -0.493 e. The van der Waals surface area contributed by atoms with E-state index in [0.717, 1.165) is 28.4 Å². The number of rotatable bonds is 6. The number of nitrogens with zero attached hydrogens (tertiary/aromatic N) is 1. The number of carbonyl (C=O) groups is 1. The predicted molar refractivity (Wildman–Crippen MR) is 111 cm³/mol. The van der Waals surface area contributed by atoms with Gasteiger partial charge in [0.1, 0.15) is 12.4 Å². The van der Waals surface area contributed by atoms with Crippen molar-refractivity contribution in [1.29, 1.82) is 0 Å². The number of carbonyl (C=O) groups excluding carboxylic acids is 1. The van der Waals surface area contributed by atoms with Crippen molar-refractivity contribution in [3.63, 3.8) is 0 Å². The van der Waals surface area contributed by atoms with Crippen LogP contribution >= 0.6 is 11.3 Å². The molecule has 0 bridgehead atoms. The largest absolute Gasteiger partial charge is 0.493 e. The quantitative estimate of drug-likeness (QED) is 0.656. The fourth-order valence-electron chi connectivity index (χ4n) is 3.29. The standard InChI is InChI=1S/C22H22N2O4S/c1-14-23-16(13-29-14)12-28-20-8-7-15(11-21(20)26-2)22(25)24-18-9-10-27-19-6-4-3-5-17(18)19/h3-8,11,13,18H,9-10,12H2,1-2H3,(H,24,25)/t18-/m1/s1. The lowest BCUT2D eigenvalue weighted by Crippen LogP contribution is -2.32. The van der Waals surface area contributed by atoms with Gasteiger partial charge in [-0.2, -0.15) is 0 Å². The molecular weight excluding hydrogens is 388 g/mol. The summed E-state index contributed by atoms with van der Waals surface area (Å²) in [5.41, 5.74) is 2.38. The Labute approximate surface area is 173 Å². The first-order valence-corrected chi connectivity index (χ1v) is 10.3. The van der Waals surface area contributed by atoms with E-state index >= 15 is 0 Å². The molecule has 6 nitrogen and oxygen atoms in total. The number of thiazole rings is 1. The van der Waals surface area contributed by atoms with Gasteiger partial charge in [-0.3, -0.25) is 4.79 Å². The number of fused-ring (bicyclic) bond motifs is 1. The van der Waals surface area contributed by atoms with Crippen LogP contribution < -0.4 is 19.5 Å². The van der Waals surface area contributed by atoms with Crippen LogP contribution in [0.5, 0.6) is 17.2 Å². The third-order valence-electron chi connectivity index (χ3n) is 4.73. The molecule has 0 unspecified atom stereocenters. The van der Waals surface area contributed by atoms with E-state index in [1.807, 2.05) is 36.6 Å². The number of benzene rings is 2. The van der Waals surface area contributed by atoms with E-state index in [-0.39, 0.29) is 11.9 Å². The van der Waals surface area contributed by atoms with Gasteiger partial charge in [-0.15, -0.1) is 11.3 Å². The molecule has 7 heteroatoms. The predicted octanol–water partition coefficient (Wildman–Crippen LogP) is 4.29. The van der Waals surface area contributed by atoms with Gasteiger partial charge in [-0.25, -0.2) is 4.98 Å². The molecular formula is C22H22N2O4S. The maximum Gasteiger partial charge on any atom is 0.251 e. The van der Waals surface area contributed by atoms with Gasteiger partial charge in [-0.1, -0.05) is 18.2 Å². The molecule has 2 aromatic carbocycles. The molecule has 3 aromatic rings. The Morgan fingerprint density at radius 3 is 2.93 bits per heavy atom. The summed E-state index contributed by atoms with van der Waals surface area (Å²) in [5.74, 6) is 1.75. The van der Waals surface area contributed by atoms with Crippen LogP contribution in [0.1, 0.15) is 39.1 Å². The lowest BCUT2D eigenvalue weighted by molar-refractivity contribution is 0.0924. The summed E-state index contributed by atoms with van der Waals surface area (Å²) in [6.45, 7) is 2.89. The average molecular weight is 410 g/mol. The van der Waals surface area contributed by atoms with E-state index in [1.165, 1.54) is 0 Å². The summed E-state index contributed by atoms with van der Waals surface area (Å²) in [7, 11) is 1.56. The molecule has 0 saturated carbocycles. The molecule has 0 radical (unpaired) electrons. The summed E-state index contributed by atoms with van der Waals surface area (Å²) in [6, 6.07) is 12.9. The lowest BCUT2D eigenvalue weighted by Gasteiger charge is -2.26. The Kier molecular flexibility index (Phi) is 5.67. The fourth-order valence-corrected chi connectivity index (χ4v) is 3.89. The van der Waals surface area contributed by atoms with Crippen LogP contribution in [0.15, 0.2) is 47.8 Å². The minimum atomic E-state index is -0.160. The minimum absolute atomic E-state index is 0.0812. The number of nitrogens with one attached hydrogen (secondary N) is 1. The van der Waals surface area contributed by atoms with E-state index in [2.05, 4.69) is 10.3 Å². The molecule has 150 valence electrons. The van der Waals surface area contributed by atoms with Crippen LogP contribution in [-0.2, 0) is 6.61 Å². The molecule has 0 saturated heterocycles. The van der Waals surface area contributed by atoms with Gasteiger partial charge in [0.05, 0.1) is 30.5 Å². The highest BCUT2D eigenvalue weighted by atomic mass is 32.1. The van der Waals surface area contributed by atoms with Gasteiger partial charge in [0, 0.05) is 22.9 Å². The topological polar surface area (TPSA) is 69.7 Å². The van der Waals surface area contributed by atoms with Crippen LogP contribution in [0.25, 0.3) is 0 Å². The summed E-state index contributed by atoms with van der Waals surface area (Å²) in [6.07, 6.45) is 0.730. The molecule has 4 rings (SSSR count). The molecule has 0 aliphatic carbocycles. The van der Waals surface area contributed by atoms with Crippen LogP contribution in [0.3, 0.4) is 0 Å². The normalized spacial score (nSPS) is 15.2. The highest BCUT2D eigenvalue weighted by Crippen LogP contribution is 2.33. The number of methoxy groups -OCH3 is 1. The second kappa shape index (κ2) is 8.53. The molecule has 1 amide bonds.